The van der Waals surface area contributed by atoms with Gasteiger partial charge in [0.15, 0.2) is 9.84 Å². The van der Waals surface area contributed by atoms with Crippen molar-refractivity contribution in [2.45, 2.75) is 43.9 Å². The molecule has 19 heavy (non-hydrogen) atoms. The first-order valence-electron chi connectivity index (χ1n) is 6.97. The van der Waals surface area contributed by atoms with Crippen molar-refractivity contribution in [2.24, 2.45) is 0 Å². The van der Waals surface area contributed by atoms with E-state index >= 15 is 0 Å². The van der Waals surface area contributed by atoms with E-state index in [0.29, 0.717) is 19.4 Å². The maximum atomic E-state index is 11.8. The summed E-state index contributed by atoms with van der Waals surface area (Å²) in [5.41, 5.74) is -0.888. The highest BCUT2D eigenvalue weighted by molar-refractivity contribution is 7.91. The van der Waals surface area contributed by atoms with Gasteiger partial charge in [-0.2, -0.15) is 5.26 Å². The molecule has 0 radical (unpaired) electrons. The topological polar surface area (TPSA) is 73.2 Å². The number of nitrogens with zero attached hydrogens (tertiary/aromatic N) is 2. The zero-order chi connectivity index (χ0) is 14.5. The molecule has 0 amide bonds. The van der Waals surface area contributed by atoms with Crippen molar-refractivity contribution in [3.05, 3.63) is 0 Å². The summed E-state index contributed by atoms with van der Waals surface area (Å²) >= 11 is 0. The van der Waals surface area contributed by atoms with E-state index in [2.05, 4.69) is 30.1 Å². The van der Waals surface area contributed by atoms with Gasteiger partial charge in [0.25, 0.3) is 0 Å². The Morgan fingerprint density at radius 1 is 1.42 bits per heavy atom. The van der Waals surface area contributed by atoms with E-state index in [0.717, 1.165) is 26.1 Å². The second-order valence-electron chi connectivity index (χ2n) is 5.25. The molecule has 1 aliphatic carbocycles. The van der Waals surface area contributed by atoms with Crippen LogP contribution in [0.5, 0.6) is 0 Å². The summed E-state index contributed by atoms with van der Waals surface area (Å²) in [6.45, 7) is 7.62. The number of hydrogen-bond acceptors (Lipinski definition) is 5. The standard InChI is InChI=1S/C13H25N3O2S/c1-4-16(5-2)10-9-15-13(11-14)8-6-7-12(13)19(3,17)18/h12,15H,4-10H2,1-3H3. The highest BCUT2D eigenvalue weighted by atomic mass is 32.2. The van der Waals surface area contributed by atoms with Crippen LogP contribution in [-0.4, -0.2) is 56.5 Å². The molecule has 5 nitrogen and oxygen atoms in total. The molecule has 1 aliphatic rings. The fourth-order valence-corrected chi connectivity index (χ4v) is 4.48. The molecule has 0 aromatic carbocycles. The fourth-order valence-electron chi connectivity index (χ4n) is 2.90. The zero-order valence-corrected chi connectivity index (χ0v) is 13.0. The van der Waals surface area contributed by atoms with Gasteiger partial charge in [0.1, 0.15) is 5.54 Å². The number of nitrogens with one attached hydrogen (secondary N) is 1. The van der Waals surface area contributed by atoms with Crippen LogP contribution in [0, 0.1) is 11.3 Å². The van der Waals surface area contributed by atoms with Gasteiger partial charge in [0.2, 0.25) is 0 Å². The molecule has 0 bridgehead atoms. The average molecular weight is 287 g/mol. The normalized spacial score (nSPS) is 27.6. The minimum Gasteiger partial charge on any atom is -0.303 e. The van der Waals surface area contributed by atoms with Crippen LogP contribution in [0.15, 0.2) is 0 Å². The van der Waals surface area contributed by atoms with E-state index in [1.165, 1.54) is 6.26 Å². The molecule has 110 valence electrons. The average Bonchev–Trinajstić information content (AvgIpc) is 2.79. The fraction of sp³-hybridized carbons (Fsp3) is 0.923. The van der Waals surface area contributed by atoms with Crippen LogP contribution in [0.1, 0.15) is 33.1 Å². The van der Waals surface area contributed by atoms with Crippen molar-refractivity contribution in [1.82, 2.24) is 10.2 Å². The molecular weight excluding hydrogens is 262 g/mol. The SMILES string of the molecule is CCN(CC)CCNC1(C#N)CCCC1S(C)(=O)=O. The first-order chi connectivity index (χ1) is 8.89. The quantitative estimate of drug-likeness (QED) is 0.749. The molecule has 1 saturated carbocycles. The van der Waals surface area contributed by atoms with Gasteiger partial charge >= 0.3 is 0 Å². The molecule has 1 fully saturated rings. The summed E-state index contributed by atoms with van der Waals surface area (Å²) in [5, 5.41) is 12.1. The lowest BCUT2D eigenvalue weighted by atomic mass is 9.99. The maximum absolute atomic E-state index is 11.8. The Morgan fingerprint density at radius 2 is 2.05 bits per heavy atom. The molecule has 2 atom stereocenters. The molecular formula is C13H25N3O2S. The molecule has 0 saturated heterocycles. The number of hydrogen-bond donors (Lipinski definition) is 1. The summed E-state index contributed by atoms with van der Waals surface area (Å²) < 4.78 is 23.6. The van der Waals surface area contributed by atoms with Crippen molar-refractivity contribution in [3.63, 3.8) is 0 Å². The summed E-state index contributed by atoms with van der Waals surface area (Å²) in [5.74, 6) is 0. The van der Waals surface area contributed by atoms with Crippen LogP contribution in [-0.2, 0) is 9.84 Å². The smallest absolute Gasteiger partial charge is 0.153 e. The van der Waals surface area contributed by atoms with Gasteiger partial charge in [-0.3, -0.25) is 5.32 Å². The third-order valence-corrected chi connectivity index (χ3v) is 5.74. The first-order valence-corrected chi connectivity index (χ1v) is 8.92. The number of rotatable bonds is 7. The van der Waals surface area contributed by atoms with Crippen molar-refractivity contribution in [2.75, 3.05) is 32.4 Å². The monoisotopic (exact) mass is 287 g/mol. The van der Waals surface area contributed by atoms with Gasteiger partial charge in [-0.05, 0) is 32.4 Å². The van der Waals surface area contributed by atoms with Crippen LogP contribution >= 0.6 is 0 Å². The van der Waals surface area contributed by atoms with Crippen LogP contribution in [0.2, 0.25) is 0 Å². The molecule has 1 rings (SSSR count). The number of sulfone groups is 1. The van der Waals surface area contributed by atoms with Crippen molar-refractivity contribution >= 4 is 9.84 Å². The second-order valence-corrected chi connectivity index (χ2v) is 7.48. The minimum absolute atomic E-state index is 0.568. The third-order valence-electron chi connectivity index (χ3n) is 4.07. The van der Waals surface area contributed by atoms with Gasteiger partial charge in [0.05, 0.1) is 11.3 Å². The molecule has 0 aromatic rings. The van der Waals surface area contributed by atoms with Crippen LogP contribution in [0.25, 0.3) is 0 Å². The largest absolute Gasteiger partial charge is 0.303 e. The minimum atomic E-state index is -3.18. The van der Waals surface area contributed by atoms with E-state index in [9.17, 15) is 13.7 Å². The highest BCUT2D eigenvalue weighted by Gasteiger charge is 2.48. The summed E-state index contributed by atoms with van der Waals surface area (Å²) in [4.78, 5) is 2.25. The molecule has 0 aliphatic heterocycles. The van der Waals surface area contributed by atoms with Crippen LogP contribution < -0.4 is 5.32 Å². The molecule has 0 aromatic heterocycles. The molecule has 6 heteroatoms. The van der Waals surface area contributed by atoms with E-state index in [1.54, 1.807) is 0 Å². The second kappa shape index (κ2) is 6.69. The van der Waals surface area contributed by atoms with Crippen molar-refractivity contribution in [3.8, 4) is 6.07 Å². The predicted octanol–water partition coefficient (Wildman–Crippen LogP) is 0.777. The molecule has 2 unspecified atom stereocenters. The third kappa shape index (κ3) is 3.91. The molecule has 0 spiro atoms. The predicted molar refractivity (Wildman–Crippen MR) is 76.6 cm³/mol. The lowest BCUT2D eigenvalue weighted by Crippen LogP contribution is -2.54. The summed E-state index contributed by atoms with van der Waals surface area (Å²) in [7, 11) is -3.18. The highest BCUT2D eigenvalue weighted by Crippen LogP contribution is 2.34. The lowest BCUT2D eigenvalue weighted by Gasteiger charge is -2.30. The lowest BCUT2D eigenvalue weighted by molar-refractivity contribution is 0.286. The number of nitriles is 1. The summed E-state index contributed by atoms with van der Waals surface area (Å²) in [6.07, 6.45) is 3.24. The molecule has 1 N–H and O–H groups in total. The zero-order valence-electron chi connectivity index (χ0n) is 12.1. The Balaban J connectivity index is 2.69. The maximum Gasteiger partial charge on any atom is 0.153 e. The first kappa shape index (κ1) is 16.4. The van der Waals surface area contributed by atoms with E-state index in [1.807, 2.05) is 0 Å². The van der Waals surface area contributed by atoms with Gasteiger partial charge in [-0.1, -0.05) is 13.8 Å². The summed E-state index contributed by atoms with van der Waals surface area (Å²) in [6, 6.07) is 2.24. The van der Waals surface area contributed by atoms with Crippen LogP contribution in [0.3, 0.4) is 0 Å². The Bertz CT molecular complexity index is 426. The number of likely N-dealkylation sites (N-methyl/N-ethyl adjacent to an activating group) is 1. The Labute approximate surface area is 116 Å². The Hall–Kier alpha value is -0.640. The van der Waals surface area contributed by atoms with Gasteiger partial charge in [0, 0.05) is 19.3 Å². The van der Waals surface area contributed by atoms with Crippen molar-refractivity contribution in [1.29, 1.82) is 5.26 Å². The van der Waals surface area contributed by atoms with Crippen LogP contribution in [0.4, 0.5) is 0 Å². The Kier molecular flexibility index (Phi) is 5.78. The van der Waals surface area contributed by atoms with Gasteiger partial charge in [-0.25, -0.2) is 8.42 Å². The van der Waals surface area contributed by atoms with Gasteiger partial charge < -0.3 is 4.90 Å². The Morgan fingerprint density at radius 3 is 2.53 bits per heavy atom. The van der Waals surface area contributed by atoms with E-state index < -0.39 is 20.6 Å². The van der Waals surface area contributed by atoms with E-state index in [4.69, 9.17) is 0 Å². The van der Waals surface area contributed by atoms with Gasteiger partial charge in [-0.15, -0.1) is 0 Å². The molecule has 0 heterocycles. The van der Waals surface area contributed by atoms with E-state index in [-0.39, 0.29) is 0 Å². The van der Waals surface area contributed by atoms with Crippen molar-refractivity contribution < 1.29 is 8.42 Å².